The first kappa shape index (κ1) is 17.0. The molecule has 2 nitrogen and oxygen atoms in total. The predicted molar refractivity (Wildman–Crippen MR) is 85.6 cm³/mol. The third-order valence-electron chi connectivity index (χ3n) is 4.61. The molecular weight excluding hydrogens is 232 g/mol. The van der Waals surface area contributed by atoms with Crippen molar-refractivity contribution in [3.63, 3.8) is 0 Å². The third-order valence-corrected chi connectivity index (χ3v) is 4.61. The number of nitrogens with one attached hydrogen (secondary N) is 1. The molecule has 1 atom stereocenters. The Morgan fingerprint density at radius 2 is 1.89 bits per heavy atom. The molecule has 1 aliphatic carbocycles. The quantitative estimate of drug-likeness (QED) is 0.682. The summed E-state index contributed by atoms with van der Waals surface area (Å²) in [5, 5.41) is 3.74. The average molecular weight is 268 g/mol. The number of hydrogen-bond acceptors (Lipinski definition) is 2. The van der Waals surface area contributed by atoms with Gasteiger partial charge in [-0.2, -0.15) is 0 Å². The highest BCUT2D eigenvalue weighted by molar-refractivity contribution is 4.82. The summed E-state index contributed by atoms with van der Waals surface area (Å²) < 4.78 is 0. The Labute approximate surface area is 121 Å². The zero-order chi connectivity index (χ0) is 14.3. The smallest absolute Gasteiger partial charge is 0.0128 e. The van der Waals surface area contributed by atoms with Crippen LogP contribution in [0.3, 0.4) is 0 Å². The Kier molecular flexibility index (Phi) is 7.38. The molecule has 19 heavy (non-hydrogen) atoms. The summed E-state index contributed by atoms with van der Waals surface area (Å²) in [7, 11) is 0. The summed E-state index contributed by atoms with van der Waals surface area (Å²) in [6.07, 6.45) is 6.90. The van der Waals surface area contributed by atoms with Crippen LogP contribution in [0.1, 0.15) is 66.7 Å². The molecule has 2 heteroatoms. The number of nitrogens with zero attached hydrogens (tertiary/aromatic N) is 1. The van der Waals surface area contributed by atoms with Crippen molar-refractivity contribution >= 4 is 0 Å². The summed E-state index contributed by atoms with van der Waals surface area (Å²) in [6, 6.07) is 0.642. The first-order valence-corrected chi connectivity index (χ1v) is 8.43. The normalized spacial score (nSPS) is 18.6. The molecule has 0 aromatic heterocycles. The van der Waals surface area contributed by atoms with E-state index in [-0.39, 0.29) is 0 Å². The van der Waals surface area contributed by atoms with E-state index in [0.717, 1.165) is 12.5 Å². The second kappa shape index (κ2) is 8.26. The van der Waals surface area contributed by atoms with Crippen molar-refractivity contribution in [1.82, 2.24) is 10.2 Å². The average Bonchev–Trinajstić information content (AvgIpc) is 2.28. The number of rotatable bonds is 9. The molecule has 0 saturated heterocycles. The summed E-state index contributed by atoms with van der Waals surface area (Å²) in [5.74, 6) is 0.997. The summed E-state index contributed by atoms with van der Waals surface area (Å²) >= 11 is 0. The Morgan fingerprint density at radius 3 is 2.32 bits per heavy atom. The van der Waals surface area contributed by atoms with Gasteiger partial charge < -0.3 is 10.2 Å². The lowest BCUT2D eigenvalue weighted by Gasteiger charge is -2.36. The van der Waals surface area contributed by atoms with E-state index < -0.39 is 0 Å². The van der Waals surface area contributed by atoms with Crippen LogP contribution in [-0.2, 0) is 0 Å². The van der Waals surface area contributed by atoms with Gasteiger partial charge in [-0.15, -0.1) is 0 Å². The molecule has 1 unspecified atom stereocenters. The topological polar surface area (TPSA) is 15.3 Å². The fourth-order valence-corrected chi connectivity index (χ4v) is 2.89. The molecule has 1 N–H and O–H groups in total. The minimum Gasteiger partial charge on any atom is -0.313 e. The minimum atomic E-state index is 0.366. The largest absolute Gasteiger partial charge is 0.313 e. The van der Waals surface area contributed by atoms with Crippen molar-refractivity contribution in [1.29, 1.82) is 0 Å². The molecule has 1 fully saturated rings. The lowest BCUT2D eigenvalue weighted by atomic mass is 9.83. The highest BCUT2D eigenvalue weighted by Gasteiger charge is 2.25. The van der Waals surface area contributed by atoms with Crippen LogP contribution in [0.15, 0.2) is 0 Å². The standard InChI is InChI=1S/C17H36N2/c1-6-12-18-16(17(3,4)5)11-13-19(7-2)14-15-9-8-10-15/h15-16,18H,6-14H2,1-5H3. The molecular formula is C17H36N2. The highest BCUT2D eigenvalue weighted by atomic mass is 15.1. The van der Waals surface area contributed by atoms with E-state index in [1.165, 1.54) is 51.7 Å². The lowest BCUT2D eigenvalue weighted by Crippen LogP contribution is -2.44. The van der Waals surface area contributed by atoms with Crippen LogP contribution in [0.4, 0.5) is 0 Å². The Bertz CT molecular complexity index is 228. The van der Waals surface area contributed by atoms with Gasteiger partial charge in [0, 0.05) is 12.6 Å². The third kappa shape index (κ3) is 6.27. The van der Waals surface area contributed by atoms with Gasteiger partial charge in [-0.05, 0) is 56.7 Å². The monoisotopic (exact) mass is 268 g/mol. The Balaban J connectivity index is 2.34. The zero-order valence-corrected chi connectivity index (χ0v) is 14.0. The van der Waals surface area contributed by atoms with Gasteiger partial charge in [-0.25, -0.2) is 0 Å². The van der Waals surface area contributed by atoms with E-state index in [1.807, 2.05) is 0 Å². The maximum atomic E-state index is 3.74. The summed E-state index contributed by atoms with van der Waals surface area (Å²) in [5.41, 5.74) is 0.366. The molecule has 0 radical (unpaired) electrons. The Morgan fingerprint density at radius 1 is 1.21 bits per heavy atom. The predicted octanol–water partition coefficient (Wildman–Crippen LogP) is 3.91. The van der Waals surface area contributed by atoms with E-state index >= 15 is 0 Å². The van der Waals surface area contributed by atoms with Crippen LogP contribution in [0.5, 0.6) is 0 Å². The van der Waals surface area contributed by atoms with E-state index in [1.54, 1.807) is 0 Å². The molecule has 114 valence electrons. The Hall–Kier alpha value is -0.0800. The van der Waals surface area contributed by atoms with Gasteiger partial charge in [0.15, 0.2) is 0 Å². The molecule has 1 rings (SSSR count). The molecule has 0 heterocycles. The van der Waals surface area contributed by atoms with Gasteiger partial charge in [-0.3, -0.25) is 0 Å². The highest BCUT2D eigenvalue weighted by Crippen LogP contribution is 2.27. The van der Waals surface area contributed by atoms with E-state index in [4.69, 9.17) is 0 Å². The van der Waals surface area contributed by atoms with Gasteiger partial charge in [0.05, 0.1) is 0 Å². The maximum absolute atomic E-state index is 3.74. The van der Waals surface area contributed by atoms with E-state index in [9.17, 15) is 0 Å². The first-order valence-electron chi connectivity index (χ1n) is 8.43. The first-order chi connectivity index (χ1) is 8.97. The van der Waals surface area contributed by atoms with Crippen LogP contribution >= 0.6 is 0 Å². The van der Waals surface area contributed by atoms with Crippen LogP contribution in [0.25, 0.3) is 0 Å². The fraction of sp³-hybridized carbons (Fsp3) is 1.00. The SMILES string of the molecule is CCCNC(CCN(CC)CC1CCC1)C(C)(C)C. The fourth-order valence-electron chi connectivity index (χ4n) is 2.89. The van der Waals surface area contributed by atoms with Crippen molar-refractivity contribution in [2.45, 2.75) is 72.8 Å². The van der Waals surface area contributed by atoms with Crippen molar-refractivity contribution < 1.29 is 0 Å². The van der Waals surface area contributed by atoms with Crippen molar-refractivity contribution in [3.8, 4) is 0 Å². The van der Waals surface area contributed by atoms with Crippen LogP contribution in [-0.4, -0.2) is 37.1 Å². The van der Waals surface area contributed by atoms with Crippen molar-refractivity contribution in [2.24, 2.45) is 11.3 Å². The molecule has 1 aliphatic rings. The van der Waals surface area contributed by atoms with Crippen LogP contribution in [0.2, 0.25) is 0 Å². The van der Waals surface area contributed by atoms with Gasteiger partial charge in [0.1, 0.15) is 0 Å². The second-order valence-electron chi connectivity index (χ2n) is 7.35. The molecule has 0 aromatic rings. The molecule has 0 aromatic carbocycles. The van der Waals surface area contributed by atoms with Gasteiger partial charge in [-0.1, -0.05) is 41.0 Å². The van der Waals surface area contributed by atoms with Crippen LogP contribution < -0.4 is 5.32 Å². The molecule has 0 aliphatic heterocycles. The summed E-state index contributed by atoms with van der Waals surface area (Å²) in [6.45, 7) is 16.6. The molecule has 0 amide bonds. The van der Waals surface area contributed by atoms with Crippen LogP contribution in [0, 0.1) is 11.3 Å². The van der Waals surface area contributed by atoms with Gasteiger partial charge in [0.25, 0.3) is 0 Å². The number of hydrogen-bond donors (Lipinski definition) is 1. The minimum absolute atomic E-state index is 0.366. The summed E-state index contributed by atoms with van der Waals surface area (Å²) in [4.78, 5) is 2.66. The lowest BCUT2D eigenvalue weighted by molar-refractivity contribution is 0.161. The molecule has 1 saturated carbocycles. The second-order valence-corrected chi connectivity index (χ2v) is 7.35. The maximum Gasteiger partial charge on any atom is 0.0128 e. The molecule has 0 bridgehead atoms. The van der Waals surface area contributed by atoms with E-state index in [0.29, 0.717) is 11.5 Å². The van der Waals surface area contributed by atoms with Crippen molar-refractivity contribution in [3.05, 3.63) is 0 Å². The van der Waals surface area contributed by atoms with Crippen molar-refractivity contribution in [2.75, 3.05) is 26.2 Å². The van der Waals surface area contributed by atoms with Gasteiger partial charge in [0.2, 0.25) is 0 Å². The molecule has 0 spiro atoms. The van der Waals surface area contributed by atoms with Gasteiger partial charge >= 0.3 is 0 Å². The van der Waals surface area contributed by atoms with E-state index in [2.05, 4.69) is 44.8 Å². The zero-order valence-electron chi connectivity index (χ0n) is 14.0.